The summed E-state index contributed by atoms with van der Waals surface area (Å²) in [5.41, 5.74) is -0.640. The van der Waals surface area contributed by atoms with Gasteiger partial charge in [-0.1, -0.05) is 37.3 Å². The molecular formula is C14H19NO3. The van der Waals surface area contributed by atoms with Crippen molar-refractivity contribution < 1.29 is 14.7 Å². The molecule has 0 fully saturated rings. The predicted molar refractivity (Wildman–Crippen MR) is 69.1 cm³/mol. The Morgan fingerprint density at radius 3 is 2.11 bits per heavy atom. The molecule has 0 radical (unpaired) electrons. The van der Waals surface area contributed by atoms with Gasteiger partial charge in [0, 0.05) is 13.5 Å². The van der Waals surface area contributed by atoms with Crippen molar-refractivity contribution in [2.45, 2.75) is 32.7 Å². The van der Waals surface area contributed by atoms with E-state index in [0.29, 0.717) is 18.5 Å². The highest BCUT2D eigenvalue weighted by Gasteiger charge is 2.45. The van der Waals surface area contributed by atoms with Crippen LogP contribution in [0.5, 0.6) is 0 Å². The largest absolute Gasteiger partial charge is 0.479 e. The van der Waals surface area contributed by atoms with Gasteiger partial charge in [0.25, 0.3) is 0 Å². The Bertz CT molecular complexity index is 430. The minimum atomic E-state index is -1.28. The number of carboxylic acids is 1. The number of nitrogens with zero attached hydrogens (tertiary/aromatic N) is 1. The first kappa shape index (κ1) is 14.2. The lowest BCUT2D eigenvalue weighted by Gasteiger charge is -2.39. The summed E-state index contributed by atoms with van der Waals surface area (Å²) < 4.78 is 0. The molecule has 0 spiro atoms. The van der Waals surface area contributed by atoms with Crippen LogP contribution in [0, 0.1) is 0 Å². The number of carbonyl (C=O) groups is 2. The van der Waals surface area contributed by atoms with E-state index in [1.54, 1.807) is 38.1 Å². The van der Waals surface area contributed by atoms with E-state index in [-0.39, 0.29) is 5.91 Å². The molecule has 0 aliphatic heterocycles. The lowest BCUT2D eigenvalue weighted by Crippen LogP contribution is -2.53. The molecular weight excluding hydrogens is 230 g/mol. The van der Waals surface area contributed by atoms with Crippen LogP contribution in [0.1, 0.15) is 32.8 Å². The third-order valence-electron chi connectivity index (χ3n) is 3.27. The number of carbonyl (C=O) groups excluding carboxylic acids is 1. The molecule has 1 rings (SSSR count). The van der Waals surface area contributed by atoms with Crippen LogP contribution in [0.3, 0.4) is 0 Å². The molecule has 1 N–H and O–H groups in total. The summed E-state index contributed by atoms with van der Waals surface area (Å²) in [5, 5.41) is 9.63. The van der Waals surface area contributed by atoms with Crippen LogP contribution in [-0.4, -0.2) is 28.4 Å². The number of carboxylic acid groups (broad SMARTS) is 1. The van der Waals surface area contributed by atoms with E-state index in [2.05, 4.69) is 0 Å². The SMILES string of the molecule is CCN(C(C)=O)C(CC)(C(=O)O)c1ccccc1. The smallest absolute Gasteiger partial charge is 0.334 e. The van der Waals surface area contributed by atoms with Crippen molar-refractivity contribution in [2.75, 3.05) is 6.54 Å². The Morgan fingerprint density at radius 2 is 1.78 bits per heavy atom. The van der Waals surface area contributed by atoms with Gasteiger partial charge in [-0.2, -0.15) is 0 Å². The Labute approximate surface area is 107 Å². The Hall–Kier alpha value is -1.84. The van der Waals surface area contributed by atoms with E-state index in [1.807, 2.05) is 6.07 Å². The summed E-state index contributed by atoms with van der Waals surface area (Å²) >= 11 is 0. The fourth-order valence-electron chi connectivity index (χ4n) is 2.42. The molecule has 1 amide bonds. The molecule has 18 heavy (non-hydrogen) atoms. The standard InChI is InChI=1S/C14H19NO3/c1-4-14(13(17)18,15(5-2)11(3)16)12-9-7-6-8-10-12/h6-10H,4-5H2,1-3H3,(H,17,18). The first-order chi connectivity index (χ1) is 8.50. The molecule has 0 saturated heterocycles. The van der Waals surface area contributed by atoms with Crippen LogP contribution in [0.2, 0.25) is 0 Å². The van der Waals surface area contributed by atoms with Crippen LogP contribution >= 0.6 is 0 Å². The summed E-state index contributed by atoms with van der Waals surface area (Å²) in [6.45, 7) is 5.34. The fourth-order valence-corrected chi connectivity index (χ4v) is 2.42. The minimum Gasteiger partial charge on any atom is -0.479 e. The lowest BCUT2D eigenvalue weighted by molar-refractivity contribution is -0.159. The van der Waals surface area contributed by atoms with Crippen molar-refractivity contribution in [3.8, 4) is 0 Å². The van der Waals surface area contributed by atoms with Crippen LogP contribution < -0.4 is 0 Å². The summed E-state index contributed by atoms with van der Waals surface area (Å²) in [4.78, 5) is 24.9. The Morgan fingerprint density at radius 1 is 1.22 bits per heavy atom. The molecule has 0 aliphatic rings. The summed E-state index contributed by atoms with van der Waals surface area (Å²) in [6, 6.07) is 8.91. The van der Waals surface area contributed by atoms with Crippen LogP contribution in [0.4, 0.5) is 0 Å². The topological polar surface area (TPSA) is 57.6 Å². The van der Waals surface area contributed by atoms with Gasteiger partial charge in [-0.05, 0) is 18.9 Å². The fraction of sp³-hybridized carbons (Fsp3) is 0.429. The second-order valence-electron chi connectivity index (χ2n) is 4.15. The van der Waals surface area contributed by atoms with Gasteiger partial charge >= 0.3 is 5.97 Å². The first-order valence-corrected chi connectivity index (χ1v) is 6.07. The third kappa shape index (κ3) is 2.23. The molecule has 0 heterocycles. The van der Waals surface area contributed by atoms with Crippen LogP contribution in [-0.2, 0) is 15.1 Å². The van der Waals surface area contributed by atoms with Gasteiger partial charge < -0.3 is 10.0 Å². The van der Waals surface area contributed by atoms with Gasteiger partial charge in [-0.3, -0.25) is 4.79 Å². The predicted octanol–water partition coefficient (Wildman–Crippen LogP) is 2.24. The molecule has 0 aromatic heterocycles. The monoisotopic (exact) mass is 249 g/mol. The van der Waals surface area contributed by atoms with E-state index in [9.17, 15) is 14.7 Å². The molecule has 1 atom stereocenters. The molecule has 1 aromatic carbocycles. The highest BCUT2D eigenvalue weighted by Crippen LogP contribution is 2.32. The van der Waals surface area contributed by atoms with Gasteiger partial charge in [-0.15, -0.1) is 0 Å². The number of likely N-dealkylation sites (N-methyl/N-ethyl adjacent to an activating group) is 1. The van der Waals surface area contributed by atoms with Crippen molar-refractivity contribution in [3.05, 3.63) is 35.9 Å². The minimum absolute atomic E-state index is 0.231. The van der Waals surface area contributed by atoms with Crippen molar-refractivity contribution in [2.24, 2.45) is 0 Å². The zero-order chi connectivity index (χ0) is 13.8. The van der Waals surface area contributed by atoms with Gasteiger partial charge in [-0.25, -0.2) is 4.79 Å². The molecule has 1 aromatic rings. The number of aliphatic carboxylic acids is 1. The zero-order valence-electron chi connectivity index (χ0n) is 11.0. The van der Waals surface area contributed by atoms with E-state index < -0.39 is 11.5 Å². The third-order valence-corrected chi connectivity index (χ3v) is 3.27. The Kier molecular flexibility index (Phi) is 4.48. The van der Waals surface area contributed by atoms with Crippen LogP contribution in [0.25, 0.3) is 0 Å². The van der Waals surface area contributed by atoms with Crippen molar-refractivity contribution in [1.29, 1.82) is 0 Å². The molecule has 98 valence electrons. The molecule has 0 bridgehead atoms. The van der Waals surface area contributed by atoms with Gasteiger partial charge in [0.1, 0.15) is 0 Å². The maximum atomic E-state index is 11.8. The van der Waals surface area contributed by atoms with Crippen molar-refractivity contribution in [3.63, 3.8) is 0 Å². The quantitative estimate of drug-likeness (QED) is 0.870. The number of rotatable bonds is 5. The highest BCUT2D eigenvalue weighted by atomic mass is 16.4. The van der Waals surface area contributed by atoms with E-state index in [4.69, 9.17) is 0 Å². The molecule has 4 nitrogen and oxygen atoms in total. The second-order valence-corrected chi connectivity index (χ2v) is 4.15. The average molecular weight is 249 g/mol. The van der Waals surface area contributed by atoms with E-state index >= 15 is 0 Å². The van der Waals surface area contributed by atoms with Gasteiger partial charge in [0.15, 0.2) is 5.54 Å². The number of amides is 1. The number of benzene rings is 1. The van der Waals surface area contributed by atoms with Gasteiger partial charge in [0.05, 0.1) is 0 Å². The second kappa shape index (κ2) is 5.67. The average Bonchev–Trinajstić information content (AvgIpc) is 2.35. The van der Waals surface area contributed by atoms with E-state index in [0.717, 1.165) is 0 Å². The van der Waals surface area contributed by atoms with Crippen molar-refractivity contribution >= 4 is 11.9 Å². The summed E-state index contributed by atoms with van der Waals surface area (Å²) in [5.74, 6) is -1.22. The first-order valence-electron chi connectivity index (χ1n) is 6.07. The number of hydrogen-bond acceptors (Lipinski definition) is 2. The maximum absolute atomic E-state index is 11.8. The van der Waals surface area contributed by atoms with Gasteiger partial charge in [0.2, 0.25) is 5.91 Å². The zero-order valence-corrected chi connectivity index (χ0v) is 11.0. The molecule has 0 saturated carbocycles. The molecule has 0 aliphatic carbocycles. The number of hydrogen-bond donors (Lipinski definition) is 1. The molecule has 1 unspecified atom stereocenters. The normalized spacial score (nSPS) is 13.7. The summed E-state index contributed by atoms with van der Waals surface area (Å²) in [6.07, 6.45) is 0.333. The summed E-state index contributed by atoms with van der Waals surface area (Å²) in [7, 11) is 0. The molecule has 4 heteroatoms. The Balaban J connectivity index is 3.43. The lowest BCUT2D eigenvalue weighted by atomic mass is 9.85. The van der Waals surface area contributed by atoms with Crippen LogP contribution in [0.15, 0.2) is 30.3 Å². The maximum Gasteiger partial charge on any atom is 0.334 e. The van der Waals surface area contributed by atoms with E-state index in [1.165, 1.54) is 11.8 Å². The van der Waals surface area contributed by atoms with Crippen molar-refractivity contribution in [1.82, 2.24) is 4.90 Å². The highest BCUT2D eigenvalue weighted by molar-refractivity contribution is 5.87.